The van der Waals surface area contributed by atoms with Crippen molar-refractivity contribution < 1.29 is 4.57 Å². The van der Waals surface area contributed by atoms with Gasteiger partial charge in [-0.15, -0.1) is 0 Å². The molecular weight excluding hydrogens is 430 g/mol. The summed E-state index contributed by atoms with van der Waals surface area (Å²) in [6.45, 7) is 0.705. The van der Waals surface area contributed by atoms with E-state index in [1.807, 2.05) is 35.2 Å². The molecule has 0 amide bonds. The fourth-order valence-corrected chi connectivity index (χ4v) is 7.80. The second-order valence-corrected chi connectivity index (χ2v) is 10.9. The molecule has 4 aliphatic carbocycles. The molecule has 4 aliphatic rings. The van der Waals surface area contributed by atoms with E-state index in [1.54, 1.807) is 0 Å². The first-order chi connectivity index (χ1) is 16.4. The molecule has 0 unspecified atom stereocenters. The largest absolute Gasteiger partial charge is 0.269 e. The third kappa shape index (κ3) is 2.67. The maximum absolute atomic E-state index is 13.6. The maximum atomic E-state index is 13.6. The number of hydrogen-bond acceptors (Lipinski definition) is 4. The van der Waals surface area contributed by atoms with Crippen molar-refractivity contribution in [1.82, 2.24) is 9.13 Å². The third-order valence-corrected chi connectivity index (χ3v) is 8.82. The highest BCUT2D eigenvalue weighted by Crippen LogP contribution is 2.58. The molecule has 0 saturated heterocycles. The number of aryl methyl sites for hydroxylation is 1. The summed E-state index contributed by atoms with van der Waals surface area (Å²) in [5.74, 6) is 1.79. The van der Waals surface area contributed by atoms with E-state index in [-0.39, 0.29) is 44.7 Å². The number of benzene rings is 1. The van der Waals surface area contributed by atoms with Crippen molar-refractivity contribution in [3.05, 3.63) is 84.1 Å². The molecule has 4 fully saturated rings. The van der Waals surface area contributed by atoms with Gasteiger partial charge >= 0.3 is 0 Å². The van der Waals surface area contributed by atoms with E-state index >= 15 is 0 Å². The standard InChI is InChI=1S/C27H26N3O4/c31-23-19-11-21-22(12-20(19)24(32)29(23)7-6-28-4-2-1-3-5-28)26(34)30(25(21)33)27-13-16-8-17(14-27)10-18(9-16)15-27/h1-5,11-12,16-18H,6-10,13-15H2/q+1. The van der Waals surface area contributed by atoms with Gasteiger partial charge in [-0.3, -0.25) is 28.3 Å². The van der Waals surface area contributed by atoms with Crippen LogP contribution in [0.5, 0.6) is 0 Å². The molecule has 3 aromatic heterocycles. The average Bonchev–Trinajstić information content (AvgIpc) is 3.20. The molecule has 0 atom stereocenters. The highest BCUT2D eigenvalue weighted by atomic mass is 16.2. The molecule has 4 aromatic rings. The number of hydrogen-bond donors (Lipinski definition) is 0. The number of nitrogens with zero attached hydrogens (tertiary/aromatic N) is 3. The van der Waals surface area contributed by atoms with Gasteiger partial charge in [0.25, 0.3) is 22.2 Å². The first-order valence-corrected chi connectivity index (χ1v) is 12.3. The second kappa shape index (κ2) is 6.84. The van der Waals surface area contributed by atoms with Gasteiger partial charge in [-0.05, 0) is 68.4 Å². The Labute approximate surface area is 194 Å². The van der Waals surface area contributed by atoms with Crippen LogP contribution in [-0.4, -0.2) is 9.13 Å². The molecule has 0 radical (unpaired) electrons. The molecule has 34 heavy (non-hydrogen) atoms. The Kier molecular flexibility index (Phi) is 4.04. The van der Waals surface area contributed by atoms with Crippen molar-refractivity contribution in [2.45, 2.75) is 57.2 Å². The number of rotatable bonds is 4. The molecule has 172 valence electrons. The van der Waals surface area contributed by atoms with Crippen LogP contribution in [-0.2, 0) is 18.6 Å². The molecule has 4 saturated carbocycles. The minimum Gasteiger partial charge on any atom is -0.269 e. The summed E-state index contributed by atoms with van der Waals surface area (Å²) in [6.07, 6.45) is 10.1. The predicted molar refractivity (Wildman–Crippen MR) is 128 cm³/mol. The Morgan fingerprint density at radius 2 is 1.18 bits per heavy atom. The molecule has 0 N–H and O–H groups in total. The zero-order valence-corrected chi connectivity index (χ0v) is 18.9. The quantitative estimate of drug-likeness (QED) is 0.439. The summed E-state index contributed by atoms with van der Waals surface area (Å²) in [4.78, 5) is 53.4. The maximum Gasteiger partial charge on any atom is 0.262 e. The predicted octanol–water partition coefficient (Wildman–Crippen LogP) is 1.83. The van der Waals surface area contributed by atoms with E-state index in [4.69, 9.17) is 0 Å². The van der Waals surface area contributed by atoms with Gasteiger partial charge in [-0.1, -0.05) is 6.07 Å². The van der Waals surface area contributed by atoms with Crippen LogP contribution in [0.3, 0.4) is 0 Å². The summed E-state index contributed by atoms with van der Waals surface area (Å²) >= 11 is 0. The van der Waals surface area contributed by atoms with Crippen molar-refractivity contribution in [2.75, 3.05) is 0 Å². The van der Waals surface area contributed by atoms with Gasteiger partial charge in [0.2, 0.25) is 0 Å². The summed E-state index contributed by atoms with van der Waals surface area (Å²) < 4.78 is 4.64. The fourth-order valence-electron chi connectivity index (χ4n) is 7.80. The molecule has 4 bridgehead atoms. The second-order valence-electron chi connectivity index (χ2n) is 10.9. The van der Waals surface area contributed by atoms with Crippen molar-refractivity contribution >= 4 is 21.5 Å². The van der Waals surface area contributed by atoms with Crippen LogP contribution in [0.4, 0.5) is 0 Å². The Morgan fingerprint density at radius 1 is 0.706 bits per heavy atom. The van der Waals surface area contributed by atoms with Crippen LogP contribution in [0.1, 0.15) is 38.5 Å². The third-order valence-electron chi connectivity index (χ3n) is 8.82. The Balaban J connectivity index is 1.36. The van der Waals surface area contributed by atoms with Gasteiger partial charge in [-0.2, -0.15) is 0 Å². The lowest BCUT2D eigenvalue weighted by molar-refractivity contribution is -0.698. The molecule has 7 heteroatoms. The van der Waals surface area contributed by atoms with E-state index < -0.39 is 11.1 Å². The highest BCUT2D eigenvalue weighted by Gasteiger charge is 2.53. The van der Waals surface area contributed by atoms with Gasteiger partial charge in [0.1, 0.15) is 0 Å². The molecule has 3 heterocycles. The highest BCUT2D eigenvalue weighted by molar-refractivity contribution is 5.97. The van der Waals surface area contributed by atoms with E-state index in [0.717, 1.165) is 19.3 Å². The van der Waals surface area contributed by atoms with Crippen LogP contribution in [0.2, 0.25) is 0 Å². The summed E-state index contributed by atoms with van der Waals surface area (Å²) in [5, 5.41) is 1.02. The van der Waals surface area contributed by atoms with Gasteiger partial charge < -0.3 is 0 Å². The first kappa shape index (κ1) is 20.1. The van der Waals surface area contributed by atoms with E-state index in [2.05, 4.69) is 0 Å². The average molecular weight is 457 g/mol. The lowest BCUT2D eigenvalue weighted by Crippen LogP contribution is -2.56. The summed E-state index contributed by atoms with van der Waals surface area (Å²) in [6, 6.07) is 8.68. The summed E-state index contributed by atoms with van der Waals surface area (Å²) in [7, 11) is 0. The molecule has 0 aliphatic heterocycles. The van der Waals surface area contributed by atoms with Crippen molar-refractivity contribution in [1.29, 1.82) is 0 Å². The zero-order chi connectivity index (χ0) is 23.2. The van der Waals surface area contributed by atoms with Crippen molar-refractivity contribution in [3.8, 4) is 0 Å². The van der Waals surface area contributed by atoms with Crippen LogP contribution < -0.4 is 26.8 Å². The smallest absolute Gasteiger partial charge is 0.262 e. The SMILES string of the molecule is O=c1c2cc3c(=O)n(C45CC6CC(CC(C6)C4)C5)c(=O)c3cc2c(=O)n1CC[n+]1ccccc1. The number of aromatic nitrogens is 3. The van der Waals surface area contributed by atoms with Crippen molar-refractivity contribution in [2.24, 2.45) is 17.8 Å². The zero-order valence-electron chi connectivity index (χ0n) is 18.9. The Hall–Kier alpha value is -3.35. The Bertz CT molecular complexity index is 1560. The van der Waals surface area contributed by atoms with E-state index in [0.29, 0.717) is 24.3 Å². The van der Waals surface area contributed by atoms with Crippen LogP contribution in [0, 0.1) is 17.8 Å². The Morgan fingerprint density at radius 3 is 1.68 bits per heavy atom. The van der Waals surface area contributed by atoms with E-state index in [9.17, 15) is 19.2 Å². The van der Waals surface area contributed by atoms with Gasteiger partial charge in [0, 0.05) is 12.1 Å². The van der Waals surface area contributed by atoms with Crippen LogP contribution in [0.25, 0.3) is 21.5 Å². The lowest BCUT2D eigenvalue weighted by atomic mass is 9.53. The number of pyridine rings is 1. The van der Waals surface area contributed by atoms with Gasteiger partial charge in [0.05, 0.1) is 33.6 Å². The normalized spacial score (nSPS) is 27.8. The first-order valence-electron chi connectivity index (χ1n) is 12.3. The fraction of sp³-hybridized carbons (Fsp3) is 0.444. The van der Waals surface area contributed by atoms with Gasteiger partial charge in [-0.25, -0.2) is 4.57 Å². The lowest BCUT2D eigenvalue weighted by Gasteiger charge is -2.56. The van der Waals surface area contributed by atoms with E-state index in [1.165, 1.54) is 40.5 Å². The topological polar surface area (TPSA) is 82.0 Å². The molecule has 0 spiro atoms. The molecule has 1 aromatic carbocycles. The monoisotopic (exact) mass is 456 g/mol. The summed E-state index contributed by atoms with van der Waals surface area (Å²) in [5.41, 5.74) is -1.76. The molecular formula is C27H26N3O4+. The van der Waals surface area contributed by atoms with Crippen molar-refractivity contribution in [3.63, 3.8) is 0 Å². The van der Waals surface area contributed by atoms with Crippen LogP contribution in [0.15, 0.2) is 61.9 Å². The molecule has 7 nitrogen and oxygen atoms in total. The minimum atomic E-state index is -0.396. The number of fused-ring (bicyclic) bond motifs is 2. The van der Waals surface area contributed by atoms with Crippen LogP contribution >= 0.6 is 0 Å². The minimum absolute atomic E-state index is 0.229. The molecule has 8 rings (SSSR count). The van der Waals surface area contributed by atoms with Gasteiger partial charge in [0.15, 0.2) is 18.9 Å².